The van der Waals surface area contributed by atoms with Crippen LogP contribution < -0.4 is 4.74 Å². The van der Waals surface area contributed by atoms with Gasteiger partial charge in [0.05, 0.1) is 0 Å². The van der Waals surface area contributed by atoms with Gasteiger partial charge in [-0.3, -0.25) is 9.59 Å². The molecule has 0 fully saturated rings. The van der Waals surface area contributed by atoms with Crippen molar-refractivity contribution in [2.75, 3.05) is 0 Å². The summed E-state index contributed by atoms with van der Waals surface area (Å²) in [6.07, 6.45) is -1.31. The number of carbonyl (C=O) groups is 2. The van der Waals surface area contributed by atoms with Gasteiger partial charge in [0, 0.05) is 39.6 Å². The van der Waals surface area contributed by atoms with Crippen LogP contribution in [-0.4, -0.2) is 12.1 Å². The minimum atomic E-state index is -1.31. The summed E-state index contributed by atoms with van der Waals surface area (Å²) in [5, 5.41) is 0. The molecule has 5 nitrogen and oxygen atoms in total. The SMILES string of the molecule is CC.CC(=O)Oc1c(F)cc(COC([NH-])=O)cc1F.[Y]. The van der Waals surface area contributed by atoms with Crippen LogP contribution in [0.5, 0.6) is 5.75 Å². The molecule has 0 spiro atoms. The van der Waals surface area contributed by atoms with Crippen molar-refractivity contribution in [1.29, 1.82) is 0 Å². The van der Waals surface area contributed by atoms with Crippen LogP contribution >= 0.6 is 0 Å². The molecule has 1 radical (unpaired) electrons. The maximum atomic E-state index is 13.3. The second kappa shape index (κ2) is 10.7. The summed E-state index contributed by atoms with van der Waals surface area (Å²) < 4.78 is 35.2. The van der Waals surface area contributed by atoms with Gasteiger partial charge in [0.2, 0.25) is 11.8 Å². The molecule has 0 saturated carbocycles. The minimum Gasteiger partial charge on any atom is -0.632 e. The predicted molar refractivity (Wildman–Crippen MR) is 63.5 cm³/mol. The van der Waals surface area contributed by atoms with Gasteiger partial charge < -0.3 is 15.2 Å². The molecule has 0 saturated heterocycles. The fourth-order valence-electron chi connectivity index (χ4n) is 1.09. The molecule has 1 rings (SSSR count). The quantitative estimate of drug-likeness (QED) is 0.607. The number of hydrogen-bond donors (Lipinski definition) is 0. The first-order chi connectivity index (χ1) is 8.90. The van der Waals surface area contributed by atoms with Crippen molar-refractivity contribution in [2.24, 2.45) is 0 Å². The van der Waals surface area contributed by atoms with E-state index in [9.17, 15) is 18.4 Å². The third-order valence-electron chi connectivity index (χ3n) is 1.67. The third-order valence-corrected chi connectivity index (χ3v) is 1.67. The van der Waals surface area contributed by atoms with Crippen LogP contribution in [0.15, 0.2) is 12.1 Å². The average Bonchev–Trinajstić information content (AvgIpc) is 2.33. The van der Waals surface area contributed by atoms with Crippen molar-refractivity contribution in [3.8, 4) is 5.75 Å². The van der Waals surface area contributed by atoms with Gasteiger partial charge in [0.15, 0.2) is 11.6 Å². The molecular formula is C12H14F2NO4Y-. The van der Waals surface area contributed by atoms with Gasteiger partial charge in [0.25, 0.3) is 0 Å². The van der Waals surface area contributed by atoms with Gasteiger partial charge in [-0.1, -0.05) is 13.8 Å². The molecule has 1 N–H and O–H groups in total. The van der Waals surface area contributed by atoms with E-state index in [0.29, 0.717) is 0 Å². The Bertz CT molecular complexity index is 446. The number of benzene rings is 1. The minimum absolute atomic E-state index is 0. The monoisotopic (exact) mass is 363 g/mol. The van der Waals surface area contributed by atoms with Crippen molar-refractivity contribution >= 4 is 12.1 Å². The Morgan fingerprint density at radius 3 is 2.00 bits per heavy atom. The maximum absolute atomic E-state index is 13.3. The zero-order valence-corrected chi connectivity index (χ0v) is 14.2. The average molecular weight is 363 g/mol. The fraction of sp³-hybridized carbons (Fsp3) is 0.333. The summed E-state index contributed by atoms with van der Waals surface area (Å²) in [4.78, 5) is 20.8. The Morgan fingerprint density at radius 2 is 1.65 bits per heavy atom. The summed E-state index contributed by atoms with van der Waals surface area (Å²) >= 11 is 0. The van der Waals surface area contributed by atoms with Crippen LogP contribution in [-0.2, 0) is 48.8 Å². The molecular weight excluding hydrogens is 349 g/mol. The van der Waals surface area contributed by atoms with Gasteiger partial charge in [0.1, 0.15) is 6.61 Å². The maximum Gasteiger partial charge on any atom is 0.308 e. The third kappa shape index (κ3) is 7.50. The van der Waals surface area contributed by atoms with E-state index in [1.54, 1.807) is 0 Å². The Kier molecular flexibility index (Phi) is 11.3. The smallest absolute Gasteiger partial charge is 0.308 e. The number of ether oxygens (including phenoxy) is 2. The first-order valence-electron chi connectivity index (χ1n) is 5.45. The van der Waals surface area contributed by atoms with E-state index in [1.165, 1.54) is 0 Å². The topological polar surface area (TPSA) is 76.4 Å². The van der Waals surface area contributed by atoms with Gasteiger partial charge >= 0.3 is 5.97 Å². The Morgan fingerprint density at radius 1 is 1.20 bits per heavy atom. The molecule has 0 unspecified atom stereocenters. The van der Waals surface area contributed by atoms with Crippen LogP contribution in [0.4, 0.5) is 13.6 Å². The molecule has 1 aromatic carbocycles. The molecule has 0 bridgehead atoms. The van der Waals surface area contributed by atoms with Gasteiger partial charge in [-0.25, -0.2) is 8.78 Å². The van der Waals surface area contributed by atoms with Crippen LogP contribution in [0.3, 0.4) is 0 Å². The van der Waals surface area contributed by atoms with Crippen LogP contribution in [0.1, 0.15) is 26.3 Å². The van der Waals surface area contributed by atoms with E-state index in [0.717, 1.165) is 19.1 Å². The molecule has 20 heavy (non-hydrogen) atoms. The second-order valence-corrected chi connectivity index (χ2v) is 3.06. The first kappa shape index (κ1) is 21.2. The molecule has 0 atom stereocenters. The molecule has 1 aromatic rings. The molecule has 0 aliphatic heterocycles. The van der Waals surface area contributed by atoms with Gasteiger partial charge in [-0.05, 0) is 17.7 Å². The van der Waals surface area contributed by atoms with Crippen molar-refractivity contribution in [1.82, 2.24) is 0 Å². The molecule has 1 amide bonds. The van der Waals surface area contributed by atoms with E-state index < -0.39 is 36.1 Å². The molecule has 0 heterocycles. The number of carbonyl (C=O) groups excluding carboxylic acids is 2. The first-order valence-corrected chi connectivity index (χ1v) is 5.45. The summed E-state index contributed by atoms with van der Waals surface area (Å²) in [6.45, 7) is 4.57. The molecule has 8 heteroatoms. The van der Waals surface area contributed by atoms with E-state index >= 15 is 0 Å². The predicted octanol–water partition coefficient (Wildman–Crippen LogP) is 3.60. The van der Waals surface area contributed by atoms with E-state index in [4.69, 9.17) is 5.73 Å². The summed E-state index contributed by atoms with van der Waals surface area (Å²) in [6, 6.07) is 1.70. The number of esters is 1. The Hall–Kier alpha value is -1.08. The standard InChI is InChI=1S/C10H9F2NO4.C2H6.Y/c1-5(14)17-9-7(11)2-6(3-8(9)12)4-16-10(13)15;1-2;/h2-3H,4H2,1H3,(H2,13,15);1-2H3;/p-1. The summed E-state index contributed by atoms with van der Waals surface area (Å²) in [5.74, 6) is -3.83. The number of halogens is 2. The number of amides is 1. The summed E-state index contributed by atoms with van der Waals surface area (Å²) in [5.41, 5.74) is 6.46. The van der Waals surface area contributed by atoms with E-state index in [1.807, 2.05) is 13.8 Å². The number of nitrogens with one attached hydrogen (secondary N) is 1. The molecule has 0 aromatic heterocycles. The number of rotatable bonds is 3. The van der Waals surface area contributed by atoms with Crippen molar-refractivity contribution in [2.45, 2.75) is 27.4 Å². The van der Waals surface area contributed by atoms with Gasteiger partial charge in [-0.2, -0.15) is 0 Å². The molecule has 0 aliphatic rings. The largest absolute Gasteiger partial charge is 0.632 e. The molecule has 0 aliphatic carbocycles. The molecule has 109 valence electrons. The second-order valence-electron chi connectivity index (χ2n) is 3.06. The van der Waals surface area contributed by atoms with Crippen molar-refractivity contribution in [3.05, 3.63) is 35.1 Å². The van der Waals surface area contributed by atoms with E-state index in [2.05, 4.69) is 9.47 Å². The zero-order chi connectivity index (χ0) is 15.0. The van der Waals surface area contributed by atoms with Crippen molar-refractivity contribution < 1.29 is 60.6 Å². The number of hydrogen-bond acceptors (Lipinski definition) is 4. The van der Waals surface area contributed by atoms with Gasteiger partial charge in [-0.15, -0.1) is 0 Å². The van der Waals surface area contributed by atoms with Crippen LogP contribution in [0.2, 0.25) is 0 Å². The normalized spacial score (nSPS) is 8.65. The van der Waals surface area contributed by atoms with Crippen LogP contribution in [0.25, 0.3) is 5.73 Å². The van der Waals surface area contributed by atoms with E-state index in [-0.39, 0.29) is 38.3 Å². The zero-order valence-electron chi connectivity index (χ0n) is 11.3. The van der Waals surface area contributed by atoms with Crippen LogP contribution in [0, 0.1) is 11.6 Å². The fourth-order valence-corrected chi connectivity index (χ4v) is 1.09. The Labute approximate surface area is 140 Å². The Balaban J connectivity index is 0. The van der Waals surface area contributed by atoms with Crippen molar-refractivity contribution in [3.63, 3.8) is 0 Å². The summed E-state index contributed by atoms with van der Waals surface area (Å²) in [7, 11) is 0.